The highest BCUT2D eigenvalue weighted by atomic mass is 19.4. The molecule has 0 aliphatic heterocycles. The molecule has 0 aliphatic rings. The van der Waals surface area contributed by atoms with E-state index in [0.717, 1.165) is 11.5 Å². The van der Waals surface area contributed by atoms with Gasteiger partial charge in [-0.3, -0.25) is 4.79 Å². The minimum Gasteiger partial charge on any atom is -0.494 e. The monoisotopic (exact) mass is 512 g/mol. The number of aromatic nitrogens is 1. The number of halogens is 3. The van der Waals surface area contributed by atoms with Crippen molar-refractivity contribution in [1.82, 2.24) is 10.3 Å². The minimum absolute atomic E-state index is 0.0399. The lowest BCUT2D eigenvalue weighted by atomic mass is 10.1. The molecule has 2 aromatic carbocycles. The number of pyridine rings is 1. The van der Waals surface area contributed by atoms with Crippen molar-refractivity contribution in [3.05, 3.63) is 84.0 Å². The van der Waals surface area contributed by atoms with E-state index in [1.54, 1.807) is 6.07 Å². The summed E-state index contributed by atoms with van der Waals surface area (Å²) < 4.78 is 56.3. The summed E-state index contributed by atoms with van der Waals surface area (Å²) in [4.78, 5) is 20.5. The molecule has 0 spiro atoms. The zero-order valence-corrected chi connectivity index (χ0v) is 19.8. The van der Waals surface area contributed by atoms with Crippen LogP contribution in [0.5, 0.6) is 5.75 Å². The summed E-state index contributed by atoms with van der Waals surface area (Å²) in [6, 6.07) is 14.4. The molecule has 0 bridgehead atoms. The summed E-state index contributed by atoms with van der Waals surface area (Å²) in [6.45, 7) is 3.46. The first-order valence-corrected chi connectivity index (χ1v) is 11.1. The minimum atomic E-state index is -4.64. The van der Waals surface area contributed by atoms with Gasteiger partial charge in [0.2, 0.25) is 11.8 Å². The highest BCUT2D eigenvalue weighted by molar-refractivity contribution is 6.08. The SMILES string of the molecule is C=C(CN)OC(=NCC(=O)NCc1cc2ccccc2o1)c1ccc(OC)c2nc(C(F)(F)F)ccc12. The second kappa shape index (κ2) is 10.7. The third kappa shape index (κ3) is 5.89. The Balaban J connectivity index is 1.61. The molecule has 0 fully saturated rings. The van der Waals surface area contributed by atoms with Gasteiger partial charge in [0.1, 0.15) is 40.6 Å². The third-order valence-corrected chi connectivity index (χ3v) is 5.33. The van der Waals surface area contributed by atoms with E-state index in [1.165, 1.54) is 19.2 Å². The van der Waals surface area contributed by atoms with Gasteiger partial charge in [-0.05, 0) is 36.4 Å². The summed E-state index contributed by atoms with van der Waals surface area (Å²) >= 11 is 0. The molecule has 4 aromatic rings. The quantitative estimate of drug-likeness (QED) is 0.203. The Morgan fingerprint density at radius 1 is 1.19 bits per heavy atom. The molecule has 11 heteroatoms. The number of nitrogens with two attached hydrogens (primary N) is 1. The number of aliphatic imine (C=N–C) groups is 1. The van der Waals surface area contributed by atoms with Gasteiger partial charge in [-0.15, -0.1) is 0 Å². The Labute approximate surface area is 209 Å². The van der Waals surface area contributed by atoms with Crippen molar-refractivity contribution in [2.75, 3.05) is 20.2 Å². The Morgan fingerprint density at radius 2 is 1.97 bits per heavy atom. The number of rotatable bonds is 8. The first-order chi connectivity index (χ1) is 17.7. The second-order valence-electron chi connectivity index (χ2n) is 7.90. The van der Waals surface area contributed by atoms with Crippen LogP contribution in [0.3, 0.4) is 0 Å². The number of methoxy groups -OCH3 is 1. The molecule has 3 N–H and O–H groups in total. The van der Waals surface area contributed by atoms with Crippen LogP contribution in [0.1, 0.15) is 17.0 Å². The van der Waals surface area contributed by atoms with Gasteiger partial charge in [0.25, 0.3) is 0 Å². The number of carbonyl (C=O) groups is 1. The topological polar surface area (TPSA) is 112 Å². The summed E-state index contributed by atoms with van der Waals surface area (Å²) in [5.41, 5.74) is 5.47. The molecule has 0 radical (unpaired) electrons. The molecule has 0 saturated heterocycles. The van der Waals surface area contributed by atoms with Gasteiger partial charge >= 0.3 is 6.18 Å². The van der Waals surface area contributed by atoms with Crippen molar-refractivity contribution in [3.63, 3.8) is 0 Å². The van der Waals surface area contributed by atoms with Crippen molar-refractivity contribution in [3.8, 4) is 5.75 Å². The van der Waals surface area contributed by atoms with Crippen LogP contribution >= 0.6 is 0 Å². The van der Waals surface area contributed by atoms with E-state index in [-0.39, 0.29) is 53.5 Å². The summed E-state index contributed by atoms with van der Waals surface area (Å²) in [5, 5.41) is 3.90. The van der Waals surface area contributed by atoms with E-state index in [1.807, 2.05) is 30.3 Å². The Morgan fingerprint density at radius 3 is 2.68 bits per heavy atom. The Kier molecular flexibility index (Phi) is 7.44. The molecular formula is C26H23F3N4O4. The van der Waals surface area contributed by atoms with Crippen molar-refractivity contribution >= 4 is 33.7 Å². The van der Waals surface area contributed by atoms with Crippen molar-refractivity contribution < 1.29 is 31.9 Å². The first kappa shape index (κ1) is 25.7. The number of carbonyl (C=O) groups excluding carboxylic acids is 1. The van der Waals surface area contributed by atoms with Crippen LogP contribution in [0, 0.1) is 0 Å². The molecular weight excluding hydrogens is 489 g/mol. The van der Waals surface area contributed by atoms with Gasteiger partial charge in [0.15, 0.2) is 0 Å². The predicted octanol–water partition coefficient (Wildman–Crippen LogP) is 4.56. The Bertz CT molecular complexity index is 1460. The van der Waals surface area contributed by atoms with Crippen LogP contribution < -0.4 is 15.8 Å². The number of fused-ring (bicyclic) bond motifs is 2. The predicted molar refractivity (Wildman–Crippen MR) is 132 cm³/mol. The lowest BCUT2D eigenvalue weighted by molar-refractivity contribution is -0.141. The van der Waals surface area contributed by atoms with E-state index in [9.17, 15) is 18.0 Å². The Hall–Kier alpha value is -4.38. The lowest BCUT2D eigenvalue weighted by Gasteiger charge is -2.15. The first-order valence-electron chi connectivity index (χ1n) is 11.1. The van der Waals surface area contributed by atoms with E-state index < -0.39 is 17.8 Å². The molecule has 0 atom stereocenters. The largest absolute Gasteiger partial charge is 0.494 e. The lowest BCUT2D eigenvalue weighted by Crippen LogP contribution is -2.26. The molecule has 2 heterocycles. The molecule has 0 aliphatic carbocycles. The van der Waals surface area contributed by atoms with Gasteiger partial charge in [-0.2, -0.15) is 13.2 Å². The van der Waals surface area contributed by atoms with Crippen LogP contribution in [0.4, 0.5) is 13.2 Å². The number of benzene rings is 2. The summed E-state index contributed by atoms with van der Waals surface area (Å²) in [7, 11) is 1.32. The van der Waals surface area contributed by atoms with Gasteiger partial charge in [-0.25, -0.2) is 9.98 Å². The van der Waals surface area contributed by atoms with Crippen LogP contribution in [-0.4, -0.2) is 37.0 Å². The summed E-state index contributed by atoms with van der Waals surface area (Å²) in [6.07, 6.45) is -4.64. The highest BCUT2D eigenvalue weighted by Gasteiger charge is 2.33. The number of nitrogens with zero attached hydrogens (tertiary/aromatic N) is 2. The zero-order chi connectivity index (χ0) is 26.6. The van der Waals surface area contributed by atoms with Crippen LogP contribution in [0.25, 0.3) is 21.9 Å². The zero-order valence-electron chi connectivity index (χ0n) is 19.8. The number of furan rings is 1. The number of alkyl halides is 3. The second-order valence-corrected chi connectivity index (χ2v) is 7.90. The normalized spacial score (nSPS) is 12.1. The van der Waals surface area contributed by atoms with E-state index in [0.29, 0.717) is 11.3 Å². The van der Waals surface area contributed by atoms with E-state index in [4.69, 9.17) is 19.6 Å². The van der Waals surface area contributed by atoms with Crippen LogP contribution in [-0.2, 0) is 22.3 Å². The fourth-order valence-electron chi connectivity index (χ4n) is 3.56. The molecule has 2 aromatic heterocycles. The van der Waals surface area contributed by atoms with Gasteiger partial charge in [0.05, 0.1) is 20.2 Å². The smallest absolute Gasteiger partial charge is 0.433 e. The standard InChI is InChI=1S/C26H23F3N4O4/c1-15(12-30)36-25(32-14-23(34)31-13-17-11-16-5-3-4-6-20(16)37-17)19-7-9-21(35-2)24-18(19)8-10-22(33-24)26(27,28)29/h3-11H,1,12-14,30H2,2H3,(H,31,34). The van der Waals surface area contributed by atoms with Crippen molar-refractivity contribution in [2.24, 2.45) is 10.7 Å². The maximum atomic E-state index is 13.3. The average Bonchev–Trinajstić information content (AvgIpc) is 3.31. The van der Waals surface area contributed by atoms with Crippen LogP contribution in [0.2, 0.25) is 0 Å². The molecule has 0 unspecified atom stereocenters. The molecule has 1 amide bonds. The van der Waals surface area contributed by atoms with Crippen molar-refractivity contribution in [2.45, 2.75) is 12.7 Å². The highest BCUT2D eigenvalue weighted by Crippen LogP contribution is 2.33. The molecule has 192 valence electrons. The number of amides is 1. The van der Waals surface area contributed by atoms with E-state index in [2.05, 4.69) is 21.9 Å². The number of para-hydroxylation sites is 1. The fourth-order valence-corrected chi connectivity index (χ4v) is 3.56. The number of hydrogen-bond donors (Lipinski definition) is 2. The number of nitrogens with one attached hydrogen (secondary N) is 1. The van der Waals surface area contributed by atoms with Crippen LogP contribution in [0.15, 0.2) is 76.3 Å². The van der Waals surface area contributed by atoms with E-state index >= 15 is 0 Å². The van der Waals surface area contributed by atoms with Gasteiger partial charge < -0.3 is 24.9 Å². The number of hydrogen-bond acceptors (Lipinski definition) is 7. The molecule has 8 nitrogen and oxygen atoms in total. The summed E-state index contributed by atoms with van der Waals surface area (Å²) in [5.74, 6) is 0.355. The van der Waals surface area contributed by atoms with Crippen molar-refractivity contribution in [1.29, 1.82) is 0 Å². The third-order valence-electron chi connectivity index (χ3n) is 5.33. The average molecular weight is 512 g/mol. The molecule has 0 saturated carbocycles. The molecule has 37 heavy (non-hydrogen) atoms. The number of ether oxygens (including phenoxy) is 2. The van der Waals surface area contributed by atoms with Gasteiger partial charge in [-0.1, -0.05) is 24.8 Å². The van der Waals surface area contributed by atoms with Gasteiger partial charge in [0, 0.05) is 16.3 Å². The maximum Gasteiger partial charge on any atom is 0.433 e. The fraction of sp³-hybridized carbons (Fsp3) is 0.192. The maximum absolute atomic E-state index is 13.3. The molecule has 4 rings (SSSR count).